The molecule has 0 bridgehead atoms. The summed E-state index contributed by atoms with van der Waals surface area (Å²) in [7, 11) is 0. The summed E-state index contributed by atoms with van der Waals surface area (Å²) in [6, 6.07) is 36.0. The summed E-state index contributed by atoms with van der Waals surface area (Å²) in [5.74, 6) is 0.868. The van der Waals surface area contributed by atoms with Gasteiger partial charge in [-0.3, -0.25) is 9.55 Å². The van der Waals surface area contributed by atoms with Crippen LogP contribution in [0.5, 0.6) is 0 Å². The van der Waals surface area contributed by atoms with Crippen molar-refractivity contribution >= 4 is 53.4 Å². The van der Waals surface area contributed by atoms with Gasteiger partial charge in [0.25, 0.3) is 0 Å². The lowest BCUT2D eigenvalue weighted by atomic mass is 10.1. The maximum absolute atomic E-state index is 5.26. The lowest BCUT2D eigenvalue weighted by Gasteiger charge is -2.08. The van der Waals surface area contributed by atoms with E-state index in [0.717, 1.165) is 44.8 Å². The van der Waals surface area contributed by atoms with Gasteiger partial charge in [-0.2, -0.15) is 0 Å². The molecule has 0 aliphatic heterocycles. The van der Waals surface area contributed by atoms with Crippen LogP contribution in [-0.2, 0) is 0 Å². The van der Waals surface area contributed by atoms with Gasteiger partial charge in [0.05, 0.1) is 22.2 Å². The normalized spacial score (nSPS) is 11.7. The van der Waals surface area contributed by atoms with E-state index in [2.05, 4.69) is 101 Å². The highest BCUT2D eigenvalue weighted by Crippen LogP contribution is 2.43. The van der Waals surface area contributed by atoms with Crippen LogP contribution < -0.4 is 0 Å². The molecule has 3 aromatic carbocycles. The number of rotatable bonds is 3. The third-order valence-electron chi connectivity index (χ3n) is 7.16. The fourth-order valence-corrected chi connectivity index (χ4v) is 6.62. The molecule has 0 amide bonds. The monoisotopic (exact) mass is 504 g/mol. The quantitative estimate of drug-likeness (QED) is 0.242. The second-order valence-corrected chi connectivity index (χ2v) is 10.4. The van der Waals surface area contributed by atoms with Gasteiger partial charge in [0.15, 0.2) is 0 Å². The third kappa shape index (κ3) is 3.19. The van der Waals surface area contributed by atoms with E-state index in [9.17, 15) is 0 Å². The van der Waals surface area contributed by atoms with Gasteiger partial charge in [-0.15, -0.1) is 11.3 Å². The molecule has 0 radical (unpaired) electrons. The van der Waals surface area contributed by atoms with E-state index in [0.29, 0.717) is 0 Å². The van der Waals surface area contributed by atoms with Crippen LogP contribution in [0, 0.1) is 0 Å². The topological polar surface area (TPSA) is 43.6 Å². The molecule has 0 spiro atoms. The zero-order chi connectivity index (χ0) is 25.1. The van der Waals surface area contributed by atoms with Gasteiger partial charge in [0.1, 0.15) is 5.82 Å². The predicted octanol–water partition coefficient (Wildman–Crippen LogP) is 8.67. The first-order valence-electron chi connectivity index (χ1n) is 12.5. The second kappa shape index (κ2) is 8.33. The van der Waals surface area contributed by atoms with Crippen molar-refractivity contribution < 1.29 is 0 Å². The summed E-state index contributed by atoms with van der Waals surface area (Å²) >= 11 is 1.84. The van der Waals surface area contributed by atoms with Crippen LogP contribution in [0.4, 0.5) is 0 Å². The number of thiophene rings is 1. The van der Waals surface area contributed by atoms with E-state index in [1.54, 1.807) is 6.20 Å². The first-order chi connectivity index (χ1) is 18.8. The fraction of sp³-hybridized carbons (Fsp3) is 0. The van der Waals surface area contributed by atoms with Crippen LogP contribution in [0.25, 0.3) is 70.3 Å². The molecule has 38 heavy (non-hydrogen) atoms. The van der Waals surface area contributed by atoms with Crippen LogP contribution in [-0.4, -0.2) is 19.5 Å². The van der Waals surface area contributed by atoms with E-state index < -0.39 is 0 Å². The summed E-state index contributed by atoms with van der Waals surface area (Å²) in [6.07, 6.45) is 5.58. The Hall–Kier alpha value is -4.87. The Morgan fingerprint density at radius 3 is 2.26 bits per heavy atom. The van der Waals surface area contributed by atoms with Crippen molar-refractivity contribution in [3.05, 3.63) is 122 Å². The Balaban J connectivity index is 1.44. The number of nitrogens with zero attached hydrogens (tertiary/aromatic N) is 4. The molecule has 5 aromatic heterocycles. The van der Waals surface area contributed by atoms with Crippen molar-refractivity contribution in [2.75, 3.05) is 0 Å². The average molecular weight is 505 g/mol. The van der Waals surface area contributed by atoms with E-state index in [-0.39, 0.29) is 0 Å². The van der Waals surface area contributed by atoms with Crippen molar-refractivity contribution in [3.63, 3.8) is 0 Å². The summed E-state index contributed by atoms with van der Waals surface area (Å²) in [6.45, 7) is 0. The van der Waals surface area contributed by atoms with E-state index in [1.165, 1.54) is 25.6 Å². The van der Waals surface area contributed by atoms with Gasteiger partial charge in [0.2, 0.25) is 0 Å². The summed E-state index contributed by atoms with van der Waals surface area (Å²) in [4.78, 5) is 14.4. The molecule has 0 N–H and O–H groups in total. The van der Waals surface area contributed by atoms with Crippen LogP contribution in [0.3, 0.4) is 0 Å². The summed E-state index contributed by atoms with van der Waals surface area (Å²) in [5.41, 5.74) is 7.32. The number of hydrogen-bond donors (Lipinski definition) is 0. The van der Waals surface area contributed by atoms with Crippen molar-refractivity contribution in [1.29, 1.82) is 0 Å². The minimum Gasteiger partial charge on any atom is -0.292 e. The molecule has 5 heterocycles. The minimum atomic E-state index is 0.868. The smallest absolute Gasteiger partial charge is 0.137 e. The largest absolute Gasteiger partial charge is 0.292 e. The molecule has 0 saturated heterocycles. The van der Waals surface area contributed by atoms with Gasteiger partial charge < -0.3 is 0 Å². The molecule has 0 atom stereocenters. The van der Waals surface area contributed by atoms with Crippen molar-refractivity contribution in [2.24, 2.45) is 0 Å². The van der Waals surface area contributed by atoms with Crippen molar-refractivity contribution in [2.45, 2.75) is 0 Å². The maximum atomic E-state index is 5.26. The Morgan fingerprint density at radius 1 is 0.605 bits per heavy atom. The van der Waals surface area contributed by atoms with Gasteiger partial charge in [0, 0.05) is 60.8 Å². The van der Waals surface area contributed by atoms with E-state index in [4.69, 9.17) is 9.97 Å². The highest BCUT2D eigenvalue weighted by molar-refractivity contribution is 7.26. The average Bonchev–Trinajstić information content (AvgIpc) is 3.53. The van der Waals surface area contributed by atoms with E-state index in [1.807, 2.05) is 35.9 Å². The Kier molecular flexibility index (Phi) is 4.66. The number of pyridine rings is 3. The number of benzene rings is 3. The summed E-state index contributed by atoms with van der Waals surface area (Å²) in [5, 5.41) is 3.73. The molecule has 8 rings (SSSR count). The zero-order valence-electron chi connectivity index (χ0n) is 20.2. The van der Waals surface area contributed by atoms with Crippen molar-refractivity contribution in [3.8, 4) is 28.2 Å². The van der Waals surface area contributed by atoms with Crippen molar-refractivity contribution in [1.82, 2.24) is 19.5 Å². The molecule has 0 aliphatic rings. The lowest BCUT2D eigenvalue weighted by molar-refractivity contribution is 1.08. The highest BCUT2D eigenvalue weighted by Gasteiger charge is 2.19. The first kappa shape index (κ1) is 21.2. The van der Waals surface area contributed by atoms with Gasteiger partial charge >= 0.3 is 0 Å². The lowest BCUT2D eigenvalue weighted by Crippen LogP contribution is -1.97. The number of hydrogen-bond acceptors (Lipinski definition) is 4. The molecule has 4 nitrogen and oxygen atoms in total. The Morgan fingerprint density at radius 2 is 1.42 bits per heavy atom. The molecule has 0 aliphatic carbocycles. The Bertz CT molecular complexity index is 2110. The van der Waals surface area contributed by atoms with Crippen LogP contribution in [0.2, 0.25) is 0 Å². The van der Waals surface area contributed by atoms with Gasteiger partial charge in [-0.05, 0) is 42.5 Å². The molecule has 5 heteroatoms. The van der Waals surface area contributed by atoms with E-state index >= 15 is 0 Å². The molecular weight excluding hydrogens is 484 g/mol. The zero-order valence-corrected chi connectivity index (χ0v) is 21.1. The SMILES string of the molecule is c1ccc(-c2ccc3c(n2)c2c4sc5ccccc5c4ccc2n3-c2ccc(-c3cccnc3)cn2)cc1. The number of aromatic nitrogens is 4. The molecular formula is C33H20N4S. The Labute approximate surface area is 222 Å². The fourth-order valence-electron chi connectivity index (χ4n) is 5.38. The minimum absolute atomic E-state index is 0.868. The van der Waals surface area contributed by atoms with Crippen LogP contribution >= 0.6 is 11.3 Å². The van der Waals surface area contributed by atoms with Crippen LogP contribution in [0.15, 0.2) is 122 Å². The predicted molar refractivity (Wildman–Crippen MR) is 158 cm³/mol. The number of fused-ring (bicyclic) bond motifs is 7. The highest BCUT2D eigenvalue weighted by atomic mass is 32.1. The second-order valence-electron chi connectivity index (χ2n) is 9.35. The molecule has 0 saturated carbocycles. The molecule has 178 valence electrons. The standard InChI is InChI=1S/C33H20N4S/c1-2-7-21(8-3-1)26-14-16-28-32(36-26)31-27(15-13-25-24-10-4-5-11-29(24)38-33(25)31)37(28)30-17-12-23(20-35-30)22-9-6-18-34-19-22/h1-20H. The van der Waals surface area contributed by atoms with Gasteiger partial charge in [-0.1, -0.05) is 60.7 Å². The van der Waals surface area contributed by atoms with Crippen LogP contribution in [0.1, 0.15) is 0 Å². The first-order valence-corrected chi connectivity index (χ1v) is 13.3. The third-order valence-corrected chi connectivity index (χ3v) is 8.36. The molecule has 0 unspecified atom stereocenters. The molecule has 0 fully saturated rings. The molecule has 8 aromatic rings. The maximum Gasteiger partial charge on any atom is 0.137 e. The van der Waals surface area contributed by atoms with Gasteiger partial charge in [-0.25, -0.2) is 9.97 Å². The summed E-state index contributed by atoms with van der Waals surface area (Å²) < 4.78 is 4.79.